The molecular weight excluding hydrogens is 373 g/mol. The van der Waals surface area contributed by atoms with Crippen LogP contribution in [0.2, 0.25) is 0 Å². The smallest absolute Gasteiger partial charge is 0.455 e. The van der Waals surface area contributed by atoms with E-state index < -0.39 is 26.3 Å². The van der Waals surface area contributed by atoms with Crippen LogP contribution in [0.5, 0.6) is 11.5 Å². The van der Waals surface area contributed by atoms with E-state index in [1.807, 2.05) is 6.07 Å². The minimum absolute atomic E-state index is 0.0760. The Labute approximate surface area is 146 Å². The lowest BCUT2D eigenvalue weighted by Crippen LogP contribution is -2.24. The van der Waals surface area contributed by atoms with Crippen LogP contribution in [-0.2, 0) is 16.3 Å². The second-order valence-electron chi connectivity index (χ2n) is 5.58. The third-order valence-electron chi connectivity index (χ3n) is 3.94. The van der Waals surface area contributed by atoms with Crippen LogP contribution in [-0.4, -0.2) is 24.0 Å². The Bertz CT molecular complexity index is 1010. The molecule has 2 aromatic rings. The van der Waals surface area contributed by atoms with Crippen LogP contribution >= 0.6 is 0 Å². The molecule has 1 heterocycles. The predicted molar refractivity (Wildman–Crippen MR) is 82.0 cm³/mol. The fraction of sp³-hybridized carbons (Fsp3) is 0.250. The zero-order valence-corrected chi connectivity index (χ0v) is 13.8. The Morgan fingerprint density at radius 3 is 2.69 bits per heavy atom. The molecule has 0 saturated carbocycles. The van der Waals surface area contributed by atoms with Crippen molar-refractivity contribution in [2.24, 2.45) is 0 Å². The van der Waals surface area contributed by atoms with Crippen molar-refractivity contribution < 1.29 is 31.4 Å². The maximum Gasteiger partial charge on any atom is 0.501 e. The van der Waals surface area contributed by atoms with Gasteiger partial charge < -0.3 is 9.84 Å². The molecule has 0 fully saturated rings. The Morgan fingerprint density at radius 1 is 1.31 bits per heavy atom. The summed E-state index contributed by atoms with van der Waals surface area (Å²) in [6, 6.07) is 5.13. The second-order valence-corrected chi connectivity index (χ2v) is 7.49. The standard InChI is InChI=1S/C16H11F3N2O4S/c17-16(18,19)26(23,24)14-4-3-13(11-1-2-12(22)15(11)14)25-10-5-9(6-20)7-21-8-10/h3-5,7-8,12,22H,1-2H2. The Balaban J connectivity index is 2.10. The Hall–Kier alpha value is -2.64. The van der Waals surface area contributed by atoms with E-state index in [2.05, 4.69) is 4.98 Å². The summed E-state index contributed by atoms with van der Waals surface area (Å²) in [5.74, 6) is 0.272. The number of alkyl halides is 3. The number of fused-ring (bicyclic) bond motifs is 1. The van der Waals surface area contributed by atoms with Crippen LogP contribution in [0.4, 0.5) is 13.2 Å². The molecule has 0 saturated heterocycles. The van der Waals surface area contributed by atoms with Gasteiger partial charge in [-0.1, -0.05) is 0 Å². The van der Waals surface area contributed by atoms with Crippen LogP contribution in [0.25, 0.3) is 0 Å². The van der Waals surface area contributed by atoms with E-state index in [4.69, 9.17) is 10.00 Å². The molecule has 6 nitrogen and oxygen atoms in total. The fourth-order valence-corrected chi connectivity index (χ4v) is 3.83. The molecule has 1 N–H and O–H groups in total. The molecule has 0 amide bonds. The summed E-state index contributed by atoms with van der Waals surface area (Å²) >= 11 is 0. The minimum Gasteiger partial charge on any atom is -0.455 e. The zero-order valence-electron chi connectivity index (χ0n) is 13.0. The van der Waals surface area contributed by atoms with Gasteiger partial charge in [-0.15, -0.1) is 0 Å². The molecule has 3 rings (SSSR count). The number of aliphatic hydroxyl groups is 1. The lowest BCUT2D eigenvalue weighted by atomic mass is 10.1. The van der Waals surface area contributed by atoms with Gasteiger partial charge in [0.2, 0.25) is 0 Å². The summed E-state index contributed by atoms with van der Waals surface area (Å²) in [5, 5.41) is 18.9. The van der Waals surface area contributed by atoms with Gasteiger partial charge in [-0.3, -0.25) is 4.98 Å². The van der Waals surface area contributed by atoms with Gasteiger partial charge in [-0.2, -0.15) is 18.4 Å². The van der Waals surface area contributed by atoms with Gasteiger partial charge in [-0.25, -0.2) is 8.42 Å². The topological polar surface area (TPSA) is 100 Å². The van der Waals surface area contributed by atoms with Crippen LogP contribution in [0.3, 0.4) is 0 Å². The number of pyridine rings is 1. The number of nitriles is 1. The highest BCUT2D eigenvalue weighted by molar-refractivity contribution is 7.92. The monoisotopic (exact) mass is 384 g/mol. The normalized spacial score (nSPS) is 16.8. The quantitative estimate of drug-likeness (QED) is 0.873. The highest BCUT2D eigenvalue weighted by Crippen LogP contribution is 2.45. The van der Waals surface area contributed by atoms with Gasteiger partial charge in [-0.05, 0) is 25.0 Å². The molecule has 1 aliphatic rings. The first-order chi connectivity index (χ1) is 12.1. The number of benzene rings is 1. The number of ether oxygens (including phenoxy) is 1. The highest BCUT2D eigenvalue weighted by Gasteiger charge is 2.49. The first-order valence-corrected chi connectivity index (χ1v) is 8.81. The molecule has 0 aliphatic heterocycles. The number of aliphatic hydroxyl groups excluding tert-OH is 1. The predicted octanol–water partition coefficient (Wildman–Crippen LogP) is 3.02. The van der Waals surface area contributed by atoms with Gasteiger partial charge in [0, 0.05) is 23.4 Å². The summed E-state index contributed by atoms with van der Waals surface area (Å²) < 4.78 is 67.9. The van der Waals surface area contributed by atoms with Crippen molar-refractivity contribution in [1.29, 1.82) is 5.26 Å². The van der Waals surface area contributed by atoms with Gasteiger partial charge in [0.25, 0.3) is 9.84 Å². The first-order valence-electron chi connectivity index (χ1n) is 7.33. The van der Waals surface area contributed by atoms with Crippen molar-refractivity contribution in [2.45, 2.75) is 29.3 Å². The molecule has 1 aromatic carbocycles. The van der Waals surface area contributed by atoms with E-state index in [1.54, 1.807) is 0 Å². The van der Waals surface area contributed by atoms with E-state index in [1.165, 1.54) is 18.5 Å². The van der Waals surface area contributed by atoms with Crippen LogP contribution < -0.4 is 4.74 Å². The van der Waals surface area contributed by atoms with Crippen LogP contribution in [0.1, 0.15) is 29.2 Å². The molecule has 1 unspecified atom stereocenters. The first kappa shape index (κ1) is 18.2. The molecule has 0 spiro atoms. The van der Waals surface area contributed by atoms with Crippen LogP contribution in [0, 0.1) is 11.3 Å². The number of halogens is 3. The third-order valence-corrected chi connectivity index (χ3v) is 5.48. The number of hydrogen-bond acceptors (Lipinski definition) is 6. The summed E-state index contributed by atoms with van der Waals surface area (Å²) in [5.41, 5.74) is -5.37. The zero-order chi connectivity index (χ0) is 19.1. The molecule has 1 atom stereocenters. The van der Waals surface area contributed by atoms with Crippen molar-refractivity contribution in [1.82, 2.24) is 4.98 Å². The van der Waals surface area contributed by atoms with Crippen LogP contribution in [0.15, 0.2) is 35.5 Å². The summed E-state index contributed by atoms with van der Waals surface area (Å²) in [7, 11) is -5.61. The van der Waals surface area contributed by atoms with Crippen molar-refractivity contribution in [2.75, 3.05) is 0 Å². The molecule has 1 aliphatic carbocycles. The van der Waals surface area contributed by atoms with Gasteiger partial charge >= 0.3 is 5.51 Å². The summed E-state index contributed by atoms with van der Waals surface area (Å²) in [6.45, 7) is 0. The number of sulfone groups is 1. The van der Waals surface area contributed by atoms with Crippen molar-refractivity contribution >= 4 is 9.84 Å². The maximum atomic E-state index is 12.9. The molecular formula is C16H11F3N2O4S. The number of aromatic nitrogens is 1. The highest BCUT2D eigenvalue weighted by atomic mass is 32.2. The summed E-state index contributed by atoms with van der Waals surface area (Å²) in [4.78, 5) is 2.84. The van der Waals surface area contributed by atoms with E-state index in [0.717, 1.165) is 12.1 Å². The molecule has 10 heteroatoms. The number of nitrogens with zero attached hydrogens (tertiary/aromatic N) is 2. The average Bonchev–Trinajstić information content (AvgIpc) is 2.97. The third kappa shape index (κ3) is 3.00. The van der Waals surface area contributed by atoms with Gasteiger partial charge in [0.05, 0.1) is 22.8 Å². The van der Waals surface area contributed by atoms with E-state index >= 15 is 0 Å². The second kappa shape index (κ2) is 6.26. The van der Waals surface area contributed by atoms with Crippen molar-refractivity contribution in [3.63, 3.8) is 0 Å². The number of hydrogen-bond donors (Lipinski definition) is 1. The van der Waals surface area contributed by atoms with Gasteiger partial charge in [0.1, 0.15) is 17.6 Å². The maximum absolute atomic E-state index is 12.9. The summed E-state index contributed by atoms with van der Waals surface area (Å²) in [6.07, 6.45) is 1.49. The minimum atomic E-state index is -5.61. The molecule has 26 heavy (non-hydrogen) atoms. The van der Waals surface area contributed by atoms with E-state index in [9.17, 15) is 26.7 Å². The van der Waals surface area contributed by atoms with Crippen molar-refractivity contribution in [3.05, 3.63) is 47.3 Å². The molecule has 1 aromatic heterocycles. The average molecular weight is 384 g/mol. The Morgan fingerprint density at radius 2 is 2.04 bits per heavy atom. The molecule has 0 bridgehead atoms. The fourth-order valence-electron chi connectivity index (χ4n) is 2.79. The lowest BCUT2D eigenvalue weighted by Gasteiger charge is -2.17. The SMILES string of the molecule is N#Cc1cncc(Oc2ccc(S(=O)(=O)C(F)(F)F)c3c2CCC3O)c1. The molecule has 136 valence electrons. The van der Waals surface area contributed by atoms with E-state index in [-0.39, 0.29) is 41.0 Å². The largest absolute Gasteiger partial charge is 0.501 e. The van der Waals surface area contributed by atoms with Crippen molar-refractivity contribution in [3.8, 4) is 17.6 Å². The lowest BCUT2D eigenvalue weighted by molar-refractivity contribution is -0.0437. The van der Waals surface area contributed by atoms with Gasteiger partial charge in [0.15, 0.2) is 0 Å². The Kier molecular flexibility index (Phi) is 4.37. The molecule has 0 radical (unpaired) electrons. The van der Waals surface area contributed by atoms with E-state index in [0.29, 0.717) is 0 Å². The number of rotatable bonds is 3.